The Morgan fingerprint density at radius 2 is 1.76 bits per heavy atom. The van der Waals surface area contributed by atoms with E-state index in [2.05, 4.69) is 21.2 Å². The Morgan fingerprint density at radius 1 is 1.20 bits per heavy atom. The number of rotatable bonds is 4. The average molecular weight is 413 g/mol. The third kappa shape index (κ3) is 8.67. The molecule has 1 N–H and O–H groups in total. The highest BCUT2D eigenvalue weighted by Gasteiger charge is 2.23. The lowest BCUT2D eigenvalue weighted by molar-refractivity contribution is -0.109. The molecule has 2 rings (SSSR count). The molecule has 1 aliphatic rings. The Labute approximate surface area is 157 Å². The Morgan fingerprint density at radius 3 is 2.24 bits per heavy atom. The van der Waals surface area contributed by atoms with Crippen LogP contribution in [-0.2, 0) is 9.53 Å². The van der Waals surface area contributed by atoms with Crippen molar-refractivity contribution in [2.45, 2.75) is 39.2 Å². The number of hydrogen-bond donors (Lipinski definition) is 1. The van der Waals surface area contributed by atoms with Gasteiger partial charge in [0, 0.05) is 23.1 Å². The molecule has 0 aromatic heterocycles. The normalized spacial score (nSPS) is 13.5. The highest BCUT2D eigenvalue weighted by Crippen LogP contribution is 2.14. The minimum absolute atomic E-state index is 0.0468. The largest absolute Gasteiger partial charge is 0.444 e. The van der Waals surface area contributed by atoms with Crippen LogP contribution in [0.3, 0.4) is 0 Å². The van der Waals surface area contributed by atoms with Crippen molar-refractivity contribution in [1.29, 1.82) is 0 Å². The summed E-state index contributed by atoms with van der Waals surface area (Å²) in [5, 5.41) is 2.32. The van der Waals surface area contributed by atoms with Crippen molar-refractivity contribution in [2.75, 3.05) is 19.6 Å². The van der Waals surface area contributed by atoms with Crippen LogP contribution >= 0.6 is 15.9 Å². The zero-order chi connectivity index (χ0) is 18.9. The molecule has 0 unspecified atom stereocenters. The molecule has 7 heteroatoms. The van der Waals surface area contributed by atoms with Crippen LogP contribution in [0.25, 0.3) is 0 Å². The van der Waals surface area contributed by atoms with E-state index in [0.29, 0.717) is 12.0 Å². The predicted octanol–water partition coefficient (Wildman–Crippen LogP) is 3.40. The van der Waals surface area contributed by atoms with Gasteiger partial charge in [-0.3, -0.25) is 9.59 Å². The Kier molecular flexibility index (Phi) is 8.61. The van der Waals surface area contributed by atoms with Gasteiger partial charge in [-0.05, 0) is 45.7 Å². The van der Waals surface area contributed by atoms with E-state index in [9.17, 15) is 14.4 Å². The van der Waals surface area contributed by atoms with Crippen LogP contribution < -0.4 is 5.32 Å². The molecule has 0 bridgehead atoms. The van der Waals surface area contributed by atoms with Gasteiger partial charge in [-0.1, -0.05) is 28.1 Å². The number of likely N-dealkylation sites (tertiary alicyclic amines) is 1. The maximum Gasteiger partial charge on any atom is 0.410 e. The molecule has 1 aliphatic heterocycles. The van der Waals surface area contributed by atoms with Gasteiger partial charge in [0.15, 0.2) is 5.78 Å². The summed E-state index contributed by atoms with van der Waals surface area (Å²) in [5.74, 6) is -0.0976. The second-order valence-electron chi connectivity index (χ2n) is 6.60. The van der Waals surface area contributed by atoms with E-state index in [1.807, 2.05) is 20.8 Å². The molecule has 1 heterocycles. The van der Waals surface area contributed by atoms with Crippen molar-refractivity contribution < 1.29 is 19.1 Å². The highest BCUT2D eigenvalue weighted by atomic mass is 79.9. The first-order valence-electron chi connectivity index (χ1n) is 8.16. The molecule has 1 saturated heterocycles. The van der Waals surface area contributed by atoms with Crippen LogP contribution in [-0.4, -0.2) is 48.4 Å². The number of amides is 2. The van der Waals surface area contributed by atoms with Gasteiger partial charge in [-0.15, -0.1) is 0 Å². The summed E-state index contributed by atoms with van der Waals surface area (Å²) in [7, 11) is 0. The quantitative estimate of drug-likeness (QED) is 0.607. The van der Waals surface area contributed by atoms with Crippen LogP contribution in [0.15, 0.2) is 28.7 Å². The van der Waals surface area contributed by atoms with E-state index in [1.165, 1.54) is 0 Å². The van der Waals surface area contributed by atoms with Gasteiger partial charge in [0.1, 0.15) is 5.60 Å². The lowest BCUT2D eigenvalue weighted by Gasteiger charge is -2.23. The number of nitrogens with one attached hydrogen (secondary N) is 1. The molecular formula is C18H25BrN2O4. The summed E-state index contributed by atoms with van der Waals surface area (Å²) < 4.78 is 6.13. The highest BCUT2D eigenvalue weighted by molar-refractivity contribution is 9.10. The van der Waals surface area contributed by atoms with Crippen molar-refractivity contribution in [1.82, 2.24) is 10.2 Å². The Hall–Kier alpha value is -1.89. The molecule has 25 heavy (non-hydrogen) atoms. The molecule has 1 aromatic rings. The van der Waals surface area contributed by atoms with Gasteiger partial charge in [0.2, 0.25) is 6.41 Å². The lowest BCUT2D eigenvalue weighted by atomic mass is 10.1. The van der Waals surface area contributed by atoms with Crippen molar-refractivity contribution in [3.05, 3.63) is 34.3 Å². The fraction of sp³-hybridized carbons (Fsp3) is 0.500. The minimum Gasteiger partial charge on any atom is -0.444 e. The molecule has 6 nitrogen and oxygen atoms in total. The second-order valence-corrected chi connectivity index (χ2v) is 7.52. The number of halogens is 1. The topological polar surface area (TPSA) is 75.7 Å². The number of carbonyl (C=O) groups is 3. The van der Waals surface area contributed by atoms with Crippen molar-refractivity contribution in [3.63, 3.8) is 0 Å². The SMILES string of the molecule is CC(C)(C)OC(=O)N1CCCC1.O=CNCC(=O)c1ccc(Br)cc1. The maximum atomic E-state index is 11.4. The van der Waals surface area contributed by atoms with Gasteiger partial charge in [-0.25, -0.2) is 4.79 Å². The first-order valence-corrected chi connectivity index (χ1v) is 8.96. The summed E-state index contributed by atoms with van der Waals surface area (Å²) in [5.41, 5.74) is 0.234. The van der Waals surface area contributed by atoms with E-state index in [4.69, 9.17) is 4.74 Å². The number of ketones is 1. The van der Waals surface area contributed by atoms with Gasteiger partial charge >= 0.3 is 6.09 Å². The molecule has 0 atom stereocenters. The van der Waals surface area contributed by atoms with E-state index >= 15 is 0 Å². The van der Waals surface area contributed by atoms with E-state index in [-0.39, 0.29) is 24.0 Å². The first kappa shape index (κ1) is 21.2. The second kappa shape index (κ2) is 10.2. The summed E-state index contributed by atoms with van der Waals surface area (Å²) in [6.45, 7) is 7.43. The van der Waals surface area contributed by atoms with Gasteiger partial charge in [0.05, 0.1) is 6.54 Å². The van der Waals surface area contributed by atoms with Crippen LogP contribution in [0.1, 0.15) is 44.0 Å². The number of benzene rings is 1. The lowest BCUT2D eigenvalue weighted by Crippen LogP contribution is -2.34. The molecule has 1 fully saturated rings. The summed E-state index contributed by atoms with van der Waals surface area (Å²) in [6.07, 6.45) is 2.56. The fourth-order valence-corrected chi connectivity index (χ4v) is 2.36. The molecule has 0 aliphatic carbocycles. The van der Waals surface area contributed by atoms with E-state index < -0.39 is 0 Å². The zero-order valence-electron chi connectivity index (χ0n) is 14.9. The zero-order valence-corrected chi connectivity index (χ0v) is 16.5. The molecular weight excluding hydrogens is 388 g/mol. The Bertz CT molecular complexity index is 576. The predicted molar refractivity (Wildman–Crippen MR) is 99.6 cm³/mol. The summed E-state index contributed by atoms with van der Waals surface area (Å²) in [6, 6.07) is 6.99. The third-order valence-corrected chi connectivity index (χ3v) is 3.80. The molecule has 138 valence electrons. The van der Waals surface area contributed by atoms with Crippen molar-refractivity contribution in [3.8, 4) is 0 Å². The Balaban J connectivity index is 0.000000251. The fourth-order valence-electron chi connectivity index (χ4n) is 2.10. The van der Waals surface area contributed by atoms with Gasteiger partial charge in [0.25, 0.3) is 0 Å². The molecule has 0 saturated carbocycles. The van der Waals surface area contributed by atoms with Crippen molar-refractivity contribution >= 4 is 34.2 Å². The molecule has 2 amide bonds. The van der Waals surface area contributed by atoms with Crippen LogP contribution in [0.5, 0.6) is 0 Å². The number of ether oxygens (including phenoxy) is 1. The number of Topliss-reactive ketones (excluding diaryl/α,β-unsaturated/α-hetero) is 1. The number of carbonyl (C=O) groups excluding carboxylic acids is 3. The maximum absolute atomic E-state index is 11.4. The van der Waals surface area contributed by atoms with Crippen molar-refractivity contribution in [2.24, 2.45) is 0 Å². The number of hydrogen-bond acceptors (Lipinski definition) is 4. The van der Waals surface area contributed by atoms with E-state index in [1.54, 1.807) is 29.2 Å². The third-order valence-electron chi connectivity index (χ3n) is 3.27. The molecule has 0 radical (unpaired) electrons. The summed E-state index contributed by atoms with van der Waals surface area (Å²) >= 11 is 3.26. The summed E-state index contributed by atoms with van der Waals surface area (Å²) in [4.78, 5) is 34.3. The van der Waals surface area contributed by atoms with Gasteiger partial charge in [-0.2, -0.15) is 0 Å². The van der Waals surface area contributed by atoms with Gasteiger partial charge < -0.3 is 15.0 Å². The van der Waals surface area contributed by atoms with Crippen LogP contribution in [0.2, 0.25) is 0 Å². The minimum atomic E-state index is -0.361. The standard InChI is InChI=1S/C9H8BrNO2.C9H17NO2/c10-8-3-1-7(2-4-8)9(13)5-11-6-12;1-9(2,3)12-8(11)10-6-4-5-7-10/h1-4,6H,5H2,(H,11,12);4-7H2,1-3H3. The molecule has 0 spiro atoms. The van der Waals surface area contributed by atoms with E-state index in [0.717, 1.165) is 30.4 Å². The van der Waals surface area contributed by atoms with Crippen LogP contribution in [0.4, 0.5) is 4.79 Å². The number of nitrogens with zero attached hydrogens (tertiary/aromatic N) is 1. The average Bonchev–Trinajstić information content (AvgIpc) is 3.07. The molecule has 1 aromatic carbocycles. The first-order chi connectivity index (χ1) is 11.7. The smallest absolute Gasteiger partial charge is 0.410 e. The van der Waals surface area contributed by atoms with Crippen LogP contribution in [0, 0.1) is 0 Å². The monoisotopic (exact) mass is 412 g/mol.